The molecule has 10 heteroatoms. The van der Waals surface area contributed by atoms with E-state index in [0.717, 1.165) is 0 Å². The van der Waals surface area contributed by atoms with Crippen LogP contribution in [0.1, 0.15) is 10.4 Å². The number of hydrogen-bond acceptors (Lipinski definition) is 6. The van der Waals surface area contributed by atoms with Crippen molar-refractivity contribution in [2.24, 2.45) is 7.05 Å². The van der Waals surface area contributed by atoms with Crippen LogP contribution in [-0.2, 0) is 7.05 Å². The van der Waals surface area contributed by atoms with Crippen molar-refractivity contribution in [2.75, 3.05) is 17.7 Å². The van der Waals surface area contributed by atoms with Gasteiger partial charge >= 0.3 is 0 Å². The van der Waals surface area contributed by atoms with E-state index >= 15 is 0 Å². The van der Waals surface area contributed by atoms with Crippen molar-refractivity contribution in [1.29, 1.82) is 0 Å². The quantitative estimate of drug-likeness (QED) is 0.689. The molecule has 1 aromatic carbocycles. The number of carbonyl (C=O) groups excluding carboxylic acids is 1. The van der Waals surface area contributed by atoms with Gasteiger partial charge in [-0.2, -0.15) is 10.1 Å². The minimum atomic E-state index is -0.496. The van der Waals surface area contributed by atoms with Crippen molar-refractivity contribution < 1.29 is 9.53 Å². The Bertz CT molecular complexity index is 939. The van der Waals surface area contributed by atoms with Crippen LogP contribution in [0.4, 0.5) is 17.3 Å². The summed E-state index contributed by atoms with van der Waals surface area (Å²) in [6, 6.07) is 4.93. The van der Waals surface area contributed by atoms with E-state index in [0.29, 0.717) is 21.4 Å². The minimum absolute atomic E-state index is 0.104. The summed E-state index contributed by atoms with van der Waals surface area (Å²) < 4.78 is 6.84. The van der Waals surface area contributed by atoms with Crippen molar-refractivity contribution in [3.8, 4) is 5.88 Å². The van der Waals surface area contributed by atoms with E-state index in [9.17, 15) is 4.79 Å². The average Bonchev–Trinajstić information content (AvgIpc) is 3.02. The summed E-state index contributed by atoms with van der Waals surface area (Å²) in [5, 5.41) is 10.3. The van der Waals surface area contributed by atoms with Gasteiger partial charge in [0, 0.05) is 19.4 Å². The van der Waals surface area contributed by atoms with Crippen LogP contribution in [0.2, 0.25) is 10.0 Å². The van der Waals surface area contributed by atoms with Gasteiger partial charge in [0.05, 0.1) is 34.7 Å². The Balaban J connectivity index is 1.84. The number of amides is 1. The molecule has 0 radical (unpaired) electrons. The van der Waals surface area contributed by atoms with Crippen LogP contribution in [0.3, 0.4) is 0 Å². The van der Waals surface area contributed by atoms with Crippen LogP contribution in [0.15, 0.2) is 36.8 Å². The highest BCUT2D eigenvalue weighted by atomic mass is 35.5. The molecule has 1 amide bonds. The molecule has 2 aromatic heterocycles. The number of rotatable bonds is 5. The van der Waals surface area contributed by atoms with Crippen LogP contribution in [0.25, 0.3) is 0 Å². The maximum Gasteiger partial charge on any atom is 0.262 e. The number of anilines is 3. The zero-order valence-corrected chi connectivity index (χ0v) is 15.3. The van der Waals surface area contributed by atoms with Gasteiger partial charge in [-0.05, 0) is 12.1 Å². The SMILES string of the molecule is COc1nc(Nc2cnn(C)c2)ncc1C(=O)Nc1c(Cl)cccc1Cl. The summed E-state index contributed by atoms with van der Waals surface area (Å²) in [6.07, 6.45) is 4.73. The molecular formula is C16H14Cl2N6O2. The van der Waals surface area contributed by atoms with Crippen LogP contribution in [0, 0.1) is 0 Å². The molecule has 2 heterocycles. The molecular weight excluding hydrogens is 379 g/mol. The molecule has 0 aliphatic heterocycles. The van der Waals surface area contributed by atoms with Crippen LogP contribution >= 0.6 is 23.2 Å². The highest BCUT2D eigenvalue weighted by Crippen LogP contribution is 2.31. The fourth-order valence-corrected chi connectivity index (χ4v) is 2.64. The van der Waals surface area contributed by atoms with Crippen molar-refractivity contribution in [3.05, 3.63) is 52.4 Å². The number of para-hydroxylation sites is 1. The lowest BCUT2D eigenvalue weighted by Crippen LogP contribution is -2.15. The maximum absolute atomic E-state index is 12.5. The van der Waals surface area contributed by atoms with E-state index in [-0.39, 0.29) is 17.4 Å². The molecule has 8 nitrogen and oxygen atoms in total. The first-order chi connectivity index (χ1) is 12.5. The molecule has 0 atom stereocenters. The number of aromatic nitrogens is 4. The fourth-order valence-electron chi connectivity index (χ4n) is 2.15. The van der Waals surface area contributed by atoms with Crippen molar-refractivity contribution in [1.82, 2.24) is 19.7 Å². The third-order valence-electron chi connectivity index (χ3n) is 3.35. The van der Waals surface area contributed by atoms with Crippen LogP contribution in [-0.4, -0.2) is 32.8 Å². The maximum atomic E-state index is 12.5. The molecule has 0 fully saturated rings. The van der Waals surface area contributed by atoms with Crippen molar-refractivity contribution in [3.63, 3.8) is 0 Å². The number of nitrogens with one attached hydrogen (secondary N) is 2. The second-order valence-electron chi connectivity index (χ2n) is 5.20. The van der Waals surface area contributed by atoms with E-state index in [1.54, 1.807) is 42.3 Å². The molecule has 0 unspecified atom stereocenters. The minimum Gasteiger partial charge on any atom is -0.480 e. The Labute approximate surface area is 159 Å². The lowest BCUT2D eigenvalue weighted by Gasteiger charge is -2.11. The Morgan fingerprint density at radius 2 is 1.96 bits per heavy atom. The van der Waals surface area contributed by atoms with E-state index in [1.165, 1.54) is 13.3 Å². The monoisotopic (exact) mass is 392 g/mol. The molecule has 0 saturated heterocycles. The summed E-state index contributed by atoms with van der Waals surface area (Å²) in [5.74, 6) is -0.126. The number of nitrogens with zero attached hydrogens (tertiary/aromatic N) is 4. The lowest BCUT2D eigenvalue weighted by atomic mass is 10.2. The van der Waals surface area contributed by atoms with Gasteiger partial charge in [0.25, 0.3) is 5.91 Å². The van der Waals surface area contributed by atoms with Crippen molar-refractivity contribution >= 4 is 46.4 Å². The average molecular weight is 393 g/mol. The van der Waals surface area contributed by atoms with Gasteiger partial charge in [-0.3, -0.25) is 9.48 Å². The highest BCUT2D eigenvalue weighted by molar-refractivity contribution is 6.40. The smallest absolute Gasteiger partial charge is 0.262 e. The highest BCUT2D eigenvalue weighted by Gasteiger charge is 2.18. The summed E-state index contributed by atoms with van der Waals surface area (Å²) in [5.41, 5.74) is 1.15. The third kappa shape index (κ3) is 3.87. The van der Waals surface area contributed by atoms with Gasteiger partial charge in [0.15, 0.2) is 0 Å². The lowest BCUT2D eigenvalue weighted by molar-refractivity contribution is 0.102. The van der Waals surface area contributed by atoms with Crippen molar-refractivity contribution in [2.45, 2.75) is 0 Å². The number of benzene rings is 1. The number of hydrogen-bond donors (Lipinski definition) is 2. The van der Waals surface area contributed by atoms with Gasteiger partial charge in [-0.25, -0.2) is 4.98 Å². The van der Waals surface area contributed by atoms with Gasteiger partial charge in [0.1, 0.15) is 5.56 Å². The number of carbonyl (C=O) groups is 1. The fraction of sp³-hybridized carbons (Fsp3) is 0.125. The first kappa shape index (κ1) is 18.0. The molecule has 2 N–H and O–H groups in total. The molecule has 0 spiro atoms. The summed E-state index contributed by atoms with van der Waals surface area (Å²) in [6.45, 7) is 0. The summed E-state index contributed by atoms with van der Waals surface area (Å²) >= 11 is 12.1. The summed E-state index contributed by atoms with van der Waals surface area (Å²) in [7, 11) is 3.20. The molecule has 0 aliphatic carbocycles. The van der Waals surface area contributed by atoms with E-state index in [2.05, 4.69) is 25.7 Å². The molecule has 0 aliphatic rings. The van der Waals surface area contributed by atoms with Crippen LogP contribution in [0.5, 0.6) is 5.88 Å². The molecule has 26 heavy (non-hydrogen) atoms. The third-order valence-corrected chi connectivity index (χ3v) is 3.98. The van der Waals surface area contributed by atoms with Gasteiger partial charge < -0.3 is 15.4 Å². The largest absolute Gasteiger partial charge is 0.480 e. The molecule has 0 saturated carbocycles. The Morgan fingerprint density at radius 3 is 2.58 bits per heavy atom. The summed E-state index contributed by atoms with van der Waals surface area (Å²) in [4.78, 5) is 20.9. The van der Waals surface area contributed by atoms with E-state index < -0.39 is 5.91 Å². The number of methoxy groups -OCH3 is 1. The normalized spacial score (nSPS) is 10.5. The van der Waals surface area contributed by atoms with Gasteiger partial charge in [0.2, 0.25) is 11.8 Å². The standard InChI is InChI=1S/C16H14Cl2N6O2/c1-24-8-9(6-20-24)21-16-19-7-10(15(23-16)26-2)14(25)22-13-11(17)4-3-5-12(13)18/h3-8H,1-2H3,(H,22,25)(H,19,21,23). The van der Waals surface area contributed by atoms with E-state index in [1.807, 2.05) is 0 Å². The first-order valence-corrected chi connectivity index (χ1v) is 8.15. The predicted molar refractivity (Wildman–Crippen MR) is 99.5 cm³/mol. The Kier molecular flexibility index (Phi) is 5.24. The second kappa shape index (κ2) is 7.59. The molecule has 3 rings (SSSR count). The zero-order valence-electron chi connectivity index (χ0n) is 13.8. The van der Waals surface area contributed by atoms with Gasteiger partial charge in [-0.1, -0.05) is 29.3 Å². The number of aryl methyl sites for hydroxylation is 1. The number of ether oxygens (including phenoxy) is 1. The van der Waals surface area contributed by atoms with E-state index in [4.69, 9.17) is 27.9 Å². The number of halogens is 2. The second-order valence-corrected chi connectivity index (χ2v) is 6.01. The molecule has 0 bridgehead atoms. The topological polar surface area (TPSA) is 94.0 Å². The first-order valence-electron chi connectivity index (χ1n) is 7.40. The van der Waals surface area contributed by atoms with Crippen LogP contribution < -0.4 is 15.4 Å². The molecule has 134 valence electrons. The zero-order chi connectivity index (χ0) is 18.7. The predicted octanol–water partition coefficient (Wildman–Crippen LogP) is 3.52. The Hall–Kier alpha value is -2.84. The van der Waals surface area contributed by atoms with Gasteiger partial charge in [-0.15, -0.1) is 0 Å². The molecule has 3 aromatic rings. The Morgan fingerprint density at radius 1 is 1.23 bits per heavy atom.